The van der Waals surface area contributed by atoms with Crippen molar-refractivity contribution in [2.75, 3.05) is 6.61 Å². The molecule has 1 aliphatic heterocycles. The highest BCUT2D eigenvalue weighted by molar-refractivity contribution is 7.99. The number of rotatable bonds is 3. The molecule has 2 N–H and O–H groups in total. The number of aromatic nitrogens is 1. The minimum absolute atomic E-state index is 0.332. The van der Waals surface area contributed by atoms with E-state index >= 15 is 0 Å². The summed E-state index contributed by atoms with van der Waals surface area (Å²) in [6.45, 7) is 3.57. The van der Waals surface area contributed by atoms with Crippen molar-refractivity contribution in [2.24, 2.45) is 5.73 Å². The summed E-state index contributed by atoms with van der Waals surface area (Å²) in [5.41, 5.74) is 6.73. The van der Waals surface area contributed by atoms with E-state index in [9.17, 15) is 0 Å². The summed E-state index contributed by atoms with van der Waals surface area (Å²) in [6.07, 6.45) is 3.27. The monoisotopic (exact) mass is 224 g/mol. The smallest absolute Gasteiger partial charge is 0.0966 e. The van der Waals surface area contributed by atoms with Gasteiger partial charge < -0.3 is 10.5 Å². The number of hydrogen-bond donors (Lipinski definition) is 1. The Labute approximate surface area is 94.4 Å². The second-order valence-electron chi connectivity index (χ2n) is 3.73. The molecule has 0 saturated carbocycles. The van der Waals surface area contributed by atoms with Crippen LogP contribution in [0.3, 0.4) is 0 Å². The molecular formula is C11H16N2OS. The van der Waals surface area contributed by atoms with Crippen LogP contribution in [0.1, 0.15) is 18.9 Å². The van der Waals surface area contributed by atoms with E-state index in [0.717, 1.165) is 23.6 Å². The van der Waals surface area contributed by atoms with Crippen molar-refractivity contribution in [3.8, 4) is 0 Å². The summed E-state index contributed by atoms with van der Waals surface area (Å²) >= 11 is 1.80. The zero-order valence-corrected chi connectivity index (χ0v) is 9.67. The molecule has 1 aromatic rings. The molecule has 1 fully saturated rings. The number of thioether (sulfide) groups is 1. The van der Waals surface area contributed by atoms with Crippen molar-refractivity contribution in [2.45, 2.75) is 36.3 Å². The van der Waals surface area contributed by atoms with E-state index in [-0.39, 0.29) is 0 Å². The fraction of sp³-hybridized carbons (Fsp3) is 0.545. The minimum atomic E-state index is 0.332. The first-order valence-electron chi connectivity index (χ1n) is 5.23. The van der Waals surface area contributed by atoms with Crippen LogP contribution in [0.5, 0.6) is 0 Å². The topological polar surface area (TPSA) is 48.1 Å². The number of nitrogens with two attached hydrogens (primary N) is 1. The molecule has 0 radical (unpaired) electrons. The summed E-state index contributed by atoms with van der Waals surface area (Å²) < 4.78 is 5.52. The van der Waals surface area contributed by atoms with Gasteiger partial charge in [-0.1, -0.05) is 0 Å². The molecule has 15 heavy (non-hydrogen) atoms. The third-order valence-electron chi connectivity index (χ3n) is 2.61. The fourth-order valence-corrected chi connectivity index (χ4v) is 2.80. The van der Waals surface area contributed by atoms with E-state index in [0.29, 0.717) is 17.9 Å². The quantitative estimate of drug-likeness (QED) is 0.850. The van der Waals surface area contributed by atoms with Crippen LogP contribution in [0.25, 0.3) is 0 Å². The molecule has 1 saturated heterocycles. The molecule has 82 valence electrons. The standard InChI is InChI=1S/C11H16N2OS/c1-8-10(3-5-14-8)15-11-6-9(7-12)2-4-13-11/h2,4,6,8,10H,3,5,7,12H2,1H3. The van der Waals surface area contributed by atoms with E-state index in [1.165, 1.54) is 0 Å². The van der Waals surface area contributed by atoms with Crippen molar-refractivity contribution in [1.82, 2.24) is 4.98 Å². The predicted molar refractivity (Wildman–Crippen MR) is 61.8 cm³/mol. The van der Waals surface area contributed by atoms with Crippen LogP contribution < -0.4 is 5.73 Å². The maximum Gasteiger partial charge on any atom is 0.0966 e. The second-order valence-corrected chi connectivity index (χ2v) is 4.99. The van der Waals surface area contributed by atoms with Gasteiger partial charge in [0, 0.05) is 24.6 Å². The molecule has 1 aromatic heterocycles. The first kappa shape index (κ1) is 10.9. The van der Waals surface area contributed by atoms with Gasteiger partial charge in [-0.2, -0.15) is 0 Å². The van der Waals surface area contributed by atoms with Gasteiger partial charge in [0.05, 0.1) is 11.1 Å². The maximum absolute atomic E-state index is 5.59. The first-order valence-corrected chi connectivity index (χ1v) is 6.11. The number of nitrogens with zero attached hydrogens (tertiary/aromatic N) is 1. The molecule has 2 heterocycles. The van der Waals surface area contributed by atoms with E-state index in [1.807, 2.05) is 12.3 Å². The Hall–Kier alpha value is -0.580. The summed E-state index contributed by atoms with van der Waals surface area (Å²) in [5.74, 6) is 0. The van der Waals surface area contributed by atoms with Crippen LogP contribution in [0.4, 0.5) is 0 Å². The van der Waals surface area contributed by atoms with E-state index < -0.39 is 0 Å². The molecule has 0 bridgehead atoms. The summed E-state index contributed by atoms with van der Waals surface area (Å²) in [7, 11) is 0. The van der Waals surface area contributed by atoms with Gasteiger partial charge in [-0.15, -0.1) is 11.8 Å². The SMILES string of the molecule is CC1OCCC1Sc1cc(CN)ccn1. The van der Waals surface area contributed by atoms with E-state index in [2.05, 4.69) is 18.0 Å². The number of hydrogen-bond acceptors (Lipinski definition) is 4. The average Bonchev–Trinajstić information content (AvgIpc) is 2.65. The molecule has 1 aliphatic rings. The third kappa shape index (κ3) is 2.71. The van der Waals surface area contributed by atoms with Crippen molar-refractivity contribution in [3.63, 3.8) is 0 Å². The minimum Gasteiger partial charge on any atom is -0.377 e. The largest absolute Gasteiger partial charge is 0.377 e. The lowest BCUT2D eigenvalue weighted by molar-refractivity contribution is 0.127. The van der Waals surface area contributed by atoms with Gasteiger partial charge in [-0.05, 0) is 31.0 Å². The lowest BCUT2D eigenvalue weighted by Crippen LogP contribution is -2.13. The molecule has 0 aromatic carbocycles. The third-order valence-corrected chi connectivity index (χ3v) is 4.00. The molecule has 2 atom stereocenters. The Kier molecular flexibility index (Phi) is 3.61. The first-order chi connectivity index (χ1) is 7.29. The lowest BCUT2D eigenvalue weighted by Gasteiger charge is -2.12. The normalized spacial score (nSPS) is 25.7. The van der Waals surface area contributed by atoms with Gasteiger partial charge >= 0.3 is 0 Å². The van der Waals surface area contributed by atoms with Crippen LogP contribution in [0, 0.1) is 0 Å². The Balaban J connectivity index is 2.03. The Morgan fingerprint density at radius 1 is 1.67 bits per heavy atom. The van der Waals surface area contributed by atoms with Crippen molar-refractivity contribution in [3.05, 3.63) is 23.9 Å². The number of ether oxygens (including phenoxy) is 1. The molecule has 0 amide bonds. The van der Waals surface area contributed by atoms with E-state index in [4.69, 9.17) is 10.5 Å². The highest BCUT2D eigenvalue weighted by Gasteiger charge is 2.25. The fourth-order valence-electron chi connectivity index (χ4n) is 1.66. The Morgan fingerprint density at radius 2 is 2.53 bits per heavy atom. The van der Waals surface area contributed by atoms with Crippen molar-refractivity contribution in [1.29, 1.82) is 0 Å². The Bertz CT molecular complexity index is 332. The predicted octanol–water partition coefficient (Wildman–Crippen LogP) is 1.81. The highest BCUT2D eigenvalue weighted by Crippen LogP contribution is 2.31. The lowest BCUT2D eigenvalue weighted by atomic mass is 10.3. The van der Waals surface area contributed by atoms with Crippen LogP contribution in [0.15, 0.2) is 23.4 Å². The molecule has 2 unspecified atom stereocenters. The zero-order chi connectivity index (χ0) is 10.7. The van der Waals surface area contributed by atoms with Gasteiger partial charge in [-0.25, -0.2) is 4.98 Å². The second kappa shape index (κ2) is 4.96. The van der Waals surface area contributed by atoms with E-state index in [1.54, 1.807) is 11.8 Å². The molecule has 4 heteroatoms. The maximum atomic E-state index is 5.59. The summed E-state index contributed by atoms with van der Waals surface area (Å²) in [5, 5.41) is 1.59. The number of pyridine rings is 1. The molecule has 0 aliphatic carbocycles. The average molecular weight is 224 g/mol. The van der Waals surface area contributed by atoms with Gasteiger partial charge in [0.15, 0.2) is 0 Å². The van der Waals surface area contributed by atoms with Crippen LogP contribution in [-0.4, -0.2) is 22.9 Å². The highest BCUT2D eigenvalue weighted by atomic mass is 32.2. The van der Waals surface area contributed by atoms with Crippen molar-refractivity contribution >= 4 is 11.8 Å². The Morgan fingerprint density at radius 3 is 3.20 bits per heavy atom. The van der Waals surface area contributed by atoms with Crippen LogP contribution in [0.2, 0.25) is 0 Å². The summed E-state index contributed by atoms with van der Waals surface area (Å²) in [6, 6.07) is 4.02. The van der Waals surface area contributed by atoms with Gasteiger partial charge in [-0.3, -0.25) is 0 Å². The van der Waals surface area contributed by atoms with Crippen LogP contribution >= 0.6 is 11.8 Å². The summed E-state index contributed by atoms with van der Waals surface area (Å²) in [4.78, 5) is 4.34. The van der Waals surface area contributed by atoms with Crippen LogP contribution in [-0.2, 0) is 11.3 Å². The zero-order valence-electron chi connectivity index (χ0n) is 8.85. The molecule has 0 spiro atoms. The van der Waals surface area contributed by atoms with Gasteiger partial charge in [0.2, 0.25) is 0 Å². The molecule has 3 nitrogen and oxygen atoms in total. The van der Waals surface area contributed by atoms with Gasteiger partial charge in [0.25, 0.3) is 0 Å². The van der Waals surface area contributed by atoms with Crippen molar-refractivity contribution < 1.29 is 4.74 Å². The molecular weight excluding hydrogens is 208 g/mol. The molecule has 2 rings (SSSR count). The van der Waals surface area contributed by atoms with Gasteiger partial charge in [0.1, 0.15) is 0 Å².